The average Bonchev–Trinajstić information content (AvgIpc) is 1.14. The molecule has 0 amide bonds. The van der Waals surface area contributed by atoms with E-state index in [9.17, 15) is 23.8 Å². The van der Waals surface area contributed by atoms with Gasteiger partial charge in [0, 0.05) is 0 Å². The first-order valence-corrected chi connectivity index (χ1v) is 4.43. The Morgan fingerprint density at radius 2 is 1.00 bits per heavy atom. The first kappa shape index (κ1) is 50.8. The van der Waals surface area contributed by atoms with Crippen LogP contribution in [-0.4, -0.2) is 26.8 Å². The van der Waals surface area contributed by atoms with Gasteiger partial charge in [-0.2, -0.15) is 0 Å². The maximum absolute atomic E-state index is 9.44. The van der Waals surface area contributed by atoms with Crippen molar-refractivity contribution < 1.29 is 144 Å². The molecule has 88 valence electrons. The summed E-state index contributed by atoms with van der Waals surface area (Å²) in [6.07, 6.45) is 0. The first-order valence-electron chi connectivity index (χ1n) is 1.48. The van der Waals surface area contributed by atoms with Crippen molar-refractivity contribution >= 4 is 15.6 Å². The van der Waals surface area contributed by atoms with Crippen LogP contribution in [0.4, 0.5) is 0 Å². The van der Waals surface area contributed by atoms with E-state index < -0.39 is 15.6 Å². The SMILES string of the molecule is O.O.O.O.O=P([O-])([O-])OP(=O)([O-])O.[Na+].[Na+].[Na+]. The van der Waals surface area contributed by atoms with Crippen LogP contribution in [0.25, 0.3) is 0 Å². The summed E-state index contributed by atoms with van der Waals surface area (Å²) in [6.45, 7) is 0. The van der Waals surface area contributed by atoms with E-state index in [1.165, 1.54) is 0 Å². The van der Waals surface area contributed by atoms with Crippen molar-refractivity contribution in [2.24, 2.45) is 0 Å². The molecule has 0 aliphatic heterocycles. The van der Waals surface area contributed by atoms with Gasteiger partial charge in [-0.15, -0.1) is 0 Å². The fraction of sp³-hybridized carbons (Fsp3) is 0. The van der Waals surface area contributed by atoms with Gasteiger partial charge < -0.3 is 46.0 Å². The van der Waals surface area contributed by atoms with E-state index in [4.69, 9.17) is 4.89 Å². The van der Waals surface area contributed by atoms with E-state index >= 15 is 0 Å². The molecule has 0 aromatic rings. The summed E-state index contributed by atoms with van der Waals surface area (Å²) in [5, 5.41) is 0. The van der Waals surface area contributed by atoms with Crippen molar-refractivity contribution in [1.29, 1.82) is 0 Å². The van der Waals surface area contributed by atoms with E-state index in [-0.39, 0.29) is 111 Å². The van der Waals surface area contributed by atoms with Crippen LogP contribution < -0.4 is 103 Å². The Kier molecular flexibility index (Phi) is 64.8. The number of rotatable bonds is 2. The molecule has 0 aliphatic carbocycles. The van der Waals surface area contributed by atoms with Gasteiger partial charge in [0.1, 0.15) is 0 Å². The summed E-state index contributed by atoms with van der Waals surface area (Å²) in [5.41, 5.74) is 0. The third kappa shape index (κ3) is 53.5. The number of phosphoric acid groups is 2. The van der Waals surface area contributed by atoms with Gasteiger partial charge in [-0.1, -0.05) is 0 Å². The third-order valence-electron chi connectivity index (χ3n) is 0.203. The second-order valence-corrected chi connectivity index (χ2v) is 3.48. The summed E-state index contributed by atoms with van der Waals surface area (Å²) in [4.78, 5) is 35.7. The zero-order chi connectivity index (χ0) is 7.71. The maximum atomic E-state index is 9.44. The third-order valence-corrected chi connectivity index (χ3v) is 1.83. The fourth-order valence-corrected chi connectivity index (χ4v) is 1.14. The molecule has 0 saturated heterocycles. The Balaban J connectivity index is -0.0000000152. The Morgan fingerprint density at radius 3 is 1.00 bits per heavy atom. The molecule has 0 aliphatic rings. The smallest absolute Gasteiger partial charge is 0.790 e. The molecule has 1 unspecified atom stereocenters. The molecule has 0 heterocycles. The maximum Gasteiger partial charge on any atom is 1.00 e. The molecule has 0 spiro atoms. The van der Waals surface area contributed by atoms with Crippen LogP contribution in [0.5, 0.6) is 0 Å². The summed E-state index contributed by atoms with van der Waals surface area (Å²) in [6, 6.07) is 0. The molecule has 9 N–H and O–H groups in total. The van der Waals surface area contributed by atoms with Crippen LogP contribution in [0.1, 0.15) is 0 Å². The second-order valence-electron chi connectivity index (χ2n) is 0.997. The monoisotopic (exact) mass is 316 g/mol. The van der Waals surface area contributed by atoms with Crippen molar-refractivity contribution in [1.82, 2.24) is 0 Å². The molecule has 16 heteroatoms. The Labute approximate surface area is 157 Å². The standard InChI is InChI=1S/3Na.H4O7P2.4H2O/c;;;1-8(2,3)7-9(4,5)6;;;;/h;;;(H2,1,2,3)(H2,4,5,6);4*1H2/q3*+1;;;;;/p-3. The van der Waals surface area contributed by atoms with Gasteiger partial charge in [0.25, 0.3) is 7.82 Å². The normalized spacial score (nSPS) is 10.8. The van der Waals surface area contributed by atoms with Gasteiger partial charge in [-0.05, 0) is 0 Å². The van der Waals surface area contributed by atoms with E-state index in [1.807, 2.05) is 0 Å². The minimum Gasteiger partial charge on any atom is -0.790 e. The number of hydrogen-bond acceptors (Lipinski definition) is 6. The molecule has 0 fully saturated rings. The summed E-state index contributed by atoms with van der Waals surface area (Å²) in [7, 11) is -11.0. The van der Waals surface area contributed by atoms with Crippen LogP contribution in [0, 0.1) is 0 Å². The van der Waals surface area contributed by atoms with Gasteiger partial charge in [0.15, 0.2) is 0 Å². The van der Waals surface area contributed by atoms with Crippen LogP contribution in [0.2, 0.25) is 0 Å². The van der Waals surface area contributed by atoms with Crippen LogP contribution >= 0.6 is 15.6 Å². The molecule has 16 heavy (non-hydrogen) atoms. The minimum absolute atomic E-state index is 0. The predicted octanol–water partition coefficient (Wildman–Crippen LogP) is -15.0. The molecule has 0 bridgehead atoms. The van der Waals surface area contributed by atoms with Gasteiger partial charge >= 0.3 is 88.7 Å². The van der Waals surface area contributed by atoms with Gasteiger partial charge in [0.2, 0.25) is 0 Å². The Bertz CT molecular complexity index is 160. The van der Waals surface area contributed by atoms with Crippen molar-refractivity contribution in [3.05, 3.63) is 0 Å². The van der Waals surface area contributed by atoms with Crippen LogP contribution in [0.3, 0.4) is 0 Å². The molecular weight excluding hydrogens is 307 g/mol. The van der Waals surface area contributed by atoms with Crippen molar-refractivity contribution in [3.8, 4) is 0 Å². The fourth-order valence-electron chi connectivity index (χ4n) is 0.126. The molecule has 11 nitrogen and oxygen atoms in total. The quantitative estimate of drug-likeness (QED) is 0.379. The van der Waals surface area contributed by atoms with Crippen molar-refractivity contribution in [2.75, 3.05) is 0 Å². The van der Waals surface area contributed by atoms with Gasteiger partial charge in [-0.3, -0.25) is 8.88 Å². The molecule has 0 aromatic heterocycles. The number of hydrogen-bond donors (Lipinski definition) is 1. The molecule has 0 rings (SSSR count). The summed E-state index contributed by atoms with van der Waals surface area (Å²) in [5.74, 6) is 0. The van der Waals surface area contributed by atoms with E-state index in [0.717, 1.165) is 0 Å². The molecular formula is H9Na3O11P2. The minimum atomic E-state index is -5.61. The van der Waals surface area contributed by atoms with Crippen molar-refractivity contribution in [2.45, 2.75) is 0 Å². The topological polar surface area (TPSA) is 259 Å². The molecule has 0 radical (unpaired) electrons. The van der Waals surface area contributed by atoms with Crippen LogP contribution in [0.15, 0.2) is 0 Å². The first-order chi connectivity index (χ1) is 3.71. The molecule has 0 saturated carbocycles. The van der Waals surface area contributed by atoms with Crippen molar-refractivity contribution in [3.63, 3.8) is 0 Å². The van der Waals surface area contributed by atoms with Gasteiger partial charge in [0.05, 0.1) is 7.82 Å². The average molecular weight is 316 g/mol. The van der Waals surface area contributed by atoms with Gasteiger partial charge in [-0.25, -0.2) is 0 Å². The predicted molar refractivity (Wildman–Crippen MR) is 33.0 cm³/mol. The molecule has 0 aromatic carbocycles. The summed E-state index contributed by atoms with van der Waals surface area (Å²) < 4.78 is 21.4. The van der Waals surface area contributed by atoms with Crippen LogP contribution in [-0.2, 0) is 13.4 Å². The zero-order valence-corrected chi connectivity index (χ0v) is 16.6. The second kappa shape index (κ2) is 20.4. The largest absolute Gasteiger partial charge is 1.00 e. The Morgan fingerprint density at radius 1 is 0.812 bits per heavy atom. The zero-order valence-electron chi connectivity index (χ0n) is 8.79. The Hall–Kier alpha value is 3.10. The van der Waals surface area contributed by atoms with E-state index in [2.05, 4.69) is 4.31 Å². The van der Waals surface area contributed by atoms with E-state index in [1.54, 1.807) is 0 Å². The van der Waals surface area contributed by atoms with E-state index in [0.29, 0.717) is 0 Å². The molecule has 1 atom stereocenters. The summed E-state index contributed by atoms with van der Waals surface area (Å²) >= 11 is 0.